The number of ether oxygens (including phenoxy) is 1. The molecule has 14 heteroatoms. The molecule has 1 aliphatic rings. The van der Waals surface area contributed by atoms with Crippen molar-refractivity contribution in [1.29, 1.82) is 0 Å². The Morgan fingerprint density at radius 2 is 1.90 bits per heavy atom. The number of fused-ring (bicyclic) bond motifs is 1. The Morgan fingerprint density at radius 3 is 2.59 bits per heavy atom. The van der Waals surface area contributed by atoms with Gasteiger partial charge < -0.3 is 20.3 Å². The van der Waals surface area contributed by atoms with Gasteiger partial charge in [0.1, 0.15) is 23.2 Å². The standard InChI is InChI=1S/C27H31F4N7O3/c1-3-32-22-10-21-19(12-34-22)24(16-11-35-37(13-16)14-26(2,40)15-39)36-38(21)17-4-6-18(7-5-17)41-25-23(28)20(8-9-33-25)27(29,30)31/h8-13,17-18,39-40H,3-7,14-15H2,1-2H3,(H,32,34)/t17-,18+,26?. The maximum atomic E-state index is 14.5. The molecule has 4 heterocycles. The van der Waals surface area contributed by atoms with E-state index in [1.54, 1.807) is 23.3 Å². The zero-order chi connectivity index (χ0) is 29.4. The molecule has 10 nitrogen and oxygen atoms in total. The minimum atomic E-state index is -4.84. The summed E-state index contributed by atoms with van der Waals surface area (Å²) >= 11 is 0. The summed E-state index contributed by atoms with van der Waals surface area (Å²) < 4.78 is 62.8. The van der Waals surface area contributed by atoms with Gasteiger partial charge in [-0.2, -0.15) is 23.4 Å². The third kappa shape index (κ3) is 6.12. The van der Waals surface area contributed by atoms with Crippen LogP contribution in [0, 0.1) is 5.82 Å². The van der Waals surface area contributed by atoms with Gasteiger partial charge in [-0.15, -0.1) is 0 Å². The van der Waals surface area contributed by atoms with E-state index in [-0.39, 0.29) is 12.6 Å². The number of pyridine rings is 2. The van der Waals surface area contributed by atoms with Crippen LogP contribution in [0.2, 0.25) is 0 Å². The van der Waals surface area contributed by atoms with E-state index in [0.29, 0.717) is 55.4 Å². The van der Waals surface area contributed by atoms with Gasteiger partial charge in [-0.3, -0.25) is 9.36 Å². The lowest BCUT2D eigenvalue weighted by atomic mass is 9.93. The summed E-state index contributed by atoms with van der Waals surface area (Å²) in [6.07, 6.45) is 2.82. The number of anilines is 1. The highest BCUT2D eigenvalue weighted by atomic mass is 19.4. The highest BCUT2D eigenvalue weighted by Crippen LogP contribution is 2.38. The lowest BCUT2D eigenvalue weighted by Crippen LogP contribution is -2.34. The summed E-state index contributed by atoms with van der Waals surface area (Å²) in [5, 5.41) is 32.9. The largest absolute Gasteiger partial charge is 0.472 e. The summed E-state index contributed by atoms with van der Waals surface area (Å²) in [5.74, 6) is -1.46. The second-order valence-corrected chi connectivity index (χ2v) is 10.5. The van der Waals surface area contributed by atoms with Crippen LogP contribution < -0.4 is 10.1 Å². The van der Waals surface area contributed by atoms with Crippen molar-refractivity contribution in [2.75, 3.05) is 18.5 Å². The van der Waals surface area contributed by atoms with Crippen molar-refractivity contribution in [3.63, 3.8) is 0 Å². The summed E-state index contributed by atoms with van der Waals surface area (Å²) in [4.78, 5) is 8.20. The monoisotopic (exact) mass is 577 g/mol. The van der Waals surface area contributed by atoms with Crippen LogP contribution in [-0.4, -0.2) is 64.6 Å². The van der Waals surface area contributed by atoms with Gasteiger partial charge in [0.05, 0.1) is 36.5 Å². The fourth-order valence-corrected chi connectivity index (χ4v) is 5.06. The van der Waals surface area contributed by atoms with Gasteiger partial charge in [-0.05, 0) is 45.6 Å². The van der Waals surface area contributed by atoms with Gasteiger partial charge in [0, 0.05) is 42.2 Å². The molecule has 4 aromatic heterocycles. The van der Waals surface area contributed by atoms with E-state index < -0.39 is 41.7 Å². The van der Waals surface area contributed by atoms with Gasteiger partial charge in [0.15, 0.2) is 5.82 Å². The number of aliphatic hydroxyl groups excluding tert-OH is 1. The first-order chi connectivity index (χ1) is 19.5. The van der Waals surface area contributed by atoms with Crippen LogP contribution >= 0.6 is 0 Å². The predicted octanol–water partition coefficient (Wildman–Crippen LogP) is 4.59. The lowest BCUT2D eigenvalue weighted by molar-refractivity contribution is -0.140. The number of alkyl halides is 3. The van der Waals surface area contributed by atoms with E-state index in [4.69, 9.17) is 9.84 Å². The smallest absolute Gasteiger partial charge is 0.419 e. The number of nitrogens with one attached hydrogen (secondary N) is 1. The average Bonchev–Trinajstić information content (AvgIpc) is 3.54. The molecule has 0 aromatic carbocycles. The fourth-order valence-electron chi connectivity index (χ4n) is 5.06. The molecule has 1 atom stereocenters. The first-order valence-electron chi connectivity index (χ1n) is 13.4. The zero-order valence-electron chi connectivity index (χ0n) is 22.6. The molecule has 3 N–H and O–H groups in total. The van der Waals surface area contributed by atoms with Crippen molar-refractivity contribution in [1.82, 2.24) is 29.5 Å². The van der Waals surface area contributed by atoms with Gasteiger partial charge in [-0.1, -0.05) is 0 Å². The van der Waals surface area contributed by atoms with Crippen LogP contribution in [0.15, 0.2) is 36.9 Å². The Balaban J connectivity index is 1.39. The van der Waals surface area contributed by atoms with Crippen LogP contribution in [0.3, 0.4) is 0 Å². The van der Waals surface area contributed by atoms with Gasteiger partial charge in [0.2, 0.25) is 0 Å². The van der Waals surface area contributed by atoms with E-state index in [1.165, 1.54) is 6.92 Å². The summed E-state index contributed by atoms with van der Waals surface area (Å²) in [6, 6.07) is 2.46. The van der Waals surface area contributed by atoms with Crippen LogP contribution in [0.4, 0.5) is 23.4 Å². The average molecular weight is 578 g/mol. The molecule has 1 unspecified atom stereocenters. The Hall–Kier alpha value is -3.78. The van der Waals surface area contributed by atoms with Gasteiger partial charge in [0.25, 0.3) is 5.88 Å². The van der Waals surface area contributed by atoms with E-state index >= 15 is 0 Å². The number of rotatable bonds is 9. The van der Waals surface area contributed by atoms with Crippen molar-refractivity contribution in [2.45, 2.75) is 70.0 Å². The van der Waals surface area contributed by atoms with Gasteiger partial charge in [-0.25, -0.2) is 14.4 Å². The number of hydrogen-bond acceptors (Lipinski definition) is 8. The number of hydrogen-bond donors (Lipinski definition) is 3. The highest BCUT2D eigenvalue weighted by Gasteiger charge is 2.36. The number of aliphatic hydroxyl groups is 2. The molecule has 220 valence electrons. The molecule has 41 heavy (non-hydrogen) atoms. The van der Waals surface area contributed by atoms with E-state index in [9.17, 15) is 27.8 Å². The van der Waals surface area contributed by atoms with E-state index in [0.717, 1.165) is 17.1 Å². The van der Waals surface area contributed by atoms with Crippen LogP contribution in [0.5, 0.6) is 5.88 Å². The minimum absolute atomic E-state index is 0.0486. The topological polar surface area (TPSA) is 123 Å². The molecule has 1 aliphatic carbocycles. The van der Waals surface area contributed by atoms with Crippen LogP contribution in [0.1, 0.15) is 51.1 Å². The maximum Gasteiger partial charge on any atom is 0.419 e. The Kier molecular flexibility index (Phi) is 7.88. The van der Waals surface area contributed by atoms with E-state index in [2.05, 4.69) is 20.4 Å². The molecular formula is C27H31F4N7O3. The Bertz CT molecular complexity index is 1510. The van der Waals surface area contributed by atoms with Crippen LogP contribution in [0.25, 0.3) is 22.2 Å². The molecule has 0 saturated heterocycles. The maximum absolute atomic E-state index is 14.5. The molecule has 0 aliphatic heterocycles. The SMILES string of the molecule is CCNc1cc2c(cn1)c(-c1cnn(CC(C)(O)CO)c1)nn2[C@H]1CC[C@@H](Oc2nccc(C(F)(F)F)c2F)CC1. The van der Waals surface area contributed by atoms with Crippen molar-refractivity contribution in [3.05, 3.63) is 48.3 Å². The minimum Gasteiger partial charge on any atom is -0.472 e. The third-order valence-corrected chi connectivity index (χ3v) is 7.13. The van der Waals surface area contributed by atoms with Crippen molar-refractivity contribution < 1.29 is 32.5 Å². The van der Waals surface area contributed by atoms with E-state index in [1.807, 2.05) is 17.7 Å². The second kappa shape index (κ2) is 11.2. The zero-order valence-corrected chi connectivity index (χ0v) is 22.6. The normalized spacial score (nSPS) is 19.3. The molecule has 1 fully saturated rings. The molecule has 0 bridgehead atoms. The molecule has 4 aromatic rings. The molecule has 0 amide bonds. The number of aromatic nitrogens is 6. The highest BCUT2D eigenvalue weighted by molar-refractivity contribution is 5.93. The molecule has 0 spiro atoms. The third-order valence-electron chi connectivity index (χ3n) is 7.13. The van der Waals surface area contributed by atoms with Crippen LogP contribution in [-0.2, 0) is 12.7 Å². The number of nitrogens with zero attached hydrogens (tertiary/aromatic N) is 6. The summed E-state index contributed by atoms with van der Waals surface area (Å²) in [6.45, 7) is 3.84. The van der Waals surface area contributed by atoms with Crippen molar-refractivity contribution in [2.24, 2.45) is 0 Å². The Morgan fingerprint density at radius 1 is 1.15 bits per heavy atom. The quantitative estimate of drug-likeness (QED) is 0.247. The molecule has 5 rings (SSSR count). The summed E-state index contributed by atoms with van der Waals surface area (Å²) in [5.41, 5.74) is -0.529. The fraction of sp³-hybridized carbons (Fsp3) is 0.481. The lowest BCUT2D eigenvalue weighted by Gasteiger charge is -2.29. The molecule has 1 saturated carbocycles. The van der Waals surface area contributed by atoms with Crippen molar-refractivity contribution >= 4 is 16.7 Å². The van der Waals surface area contributed by atoms with Crippen molar-refractivity contribution in [3.8, 4) is 17.1 Å². The first kappa shape index (κ1) is 28.7. The Labute approximate surface area is 233 Å². The van der Waals surface area contributed by atoms with Gasteiger partial charge >= 0.3 is 6.18 Å². The first-order valence-corrected chi connectivity index (χ1v) is 13.4. The number of halogens is 4. The molecule has 0 radical (unpaired) electrons. The molecular weight excluding hydrogens is 546 g/mol. The summed E-state index contributed by atoms with van der Waals surface area (Å²) in [7, 11) is 0. The predicted molar refractivity (Wildman–Crippen MR) is 142 cm³/mol. The second-order valence-electron chi connectivity index (χ2n) is 10.5.